The topological polar surface area (TPSA) is 44.4 Å². The van der Waals surface area contributed by atoms with Crippen LogP contribution in [0.1, 0.15) is 38.7 Å². The smallest absolute Gasteiger partial charge is 0.321 e. The molecule has 0 radical (unpaired) electrons. The van der Waals surface area contributed by atoms with Crippen molar-refractivity contribution < 1.29 is 4.79 Å². The number of carbonyl (C=O) groups is 1. The Kier molecular flexibility index (Phi) is 6.05. The lowest BCUT2D eigenvalue weighted by atomic mass is 10.0. The van der Waals surface area contributed by atoms with Crippen LogP contribution in [0.5, 0.6) is 0 Å². The fourth-order valence-electron chi connectivity index (χ4n) is 2.69. The van der Waals surface area contributed by atoms with Crippen molar-refractivity contribution in [2.24, 2.45) is 5.92 Å². The van der Waals surface area contributed by atoms with Crippen LogP contribution >= 0.6 is 0 Å². The zero-order chi connectivity index (χ0) is 15.1. The number of rotatable bonds is 5. The number of hydrogen-bond donors (Lipinski definition) is 2. The Morgan fingerprint density at radius 3 is 2.76 bits per heavy atom. The molecule has 0 saturated carbocycles. The van der Waals surface area contributed by atoms with Crippen molar-refractivity contribution >= 4 is 11.7 Å². The molecule has 0 spiro atoms. The predicted octanol–water partition coefficient (Wildman–Crippen LogP) is 3.45. The van der Waals surface area contributed by atoms with Gasteiger partial charge in [0.15, 0.2) is 0 Å². The molecule has 1 atom stereocenters. The molecule has 2 N–H and O–H groups in total. The van der Waals surface area contributed by atoms with Gasteiger partial charge in [0.1, 0.15) is 0 Å². The zero-order valence-corrected chi connectivity index (χ0v) is 13.2. The summed E-state index contributed by atoms with van der Waals surface area (Å²) in [6.07, 6.45) is 3.47. The monoisotopic (exact) mass is 289 g/mol. The Morgan fingerprint density at radius 1 is 1.33 bits per heavy atom. The predicted molar refractivity (Wildman–Crippen MR) is 87.4 cm³/mol. The number of benzene rings is 1. The molecule has 1 aromatic rings. The molecule has 1 aliphatic heterocycles. The first kappa shape index (κ1) is 15.8. The molecule has 1 heterocycles. The van der Waals surface area contributed by atoms with E-state index in [0.717, 1.165) is 44.7 Å². The number of piperidine rings is 1. The number of hydrogen-bond acceptors (Lipinski definition) is 2. The van der Waals surface area contributed by atoms with Crippen LogP contribution in [0, 0.1) is 5.92 Å². The van der Waals surface area contributed by atoms with Crippen molar-refractivity contribution in [2.45, 2.75) is 39.7 Å². The van der Waals surface area contributed by atoms with Gasteiger partial charge >= 0.3 is 6.03 Å². The second kappa shape index (κ2) is 8.03. The van der Waals surface area contributed by atoms with Crippen molar-refractivity contribution in [1.29, 1.82) is 0 Å². The summed E-state index contributed by atoms with van der Waals surface area (Å²) in [6, 6.07) is 8.12. The number of urea groups is 1. The molecule has 4 nitrogen and oxygen atoms in total. The van der Waals surface area contributed by atoms with Crippen LogP contribution < -0.4 is 10.6 Å². The fourth-order valence-corrected chi connectivity index (χ4v) is 2.69. The largest absolute Gasteiger partial charge is 0.324 e. The Hall–Kier alpha value is -1.55. The number of amides is 2. The molecule has 1 saturated heterocycles. The summed E-state index contributed by atoms with van der Waals surface area (Å²) >= 11 is 0. The van der Waals surface area contributed by atoms with Gasteiger partial charge in [-0.15, -0.1) is 0 Å². The molecule has 0 aliphatic carbocycles. The zero-order valence-electron chi connectivity index (χ0n) is 13.2. The molecular formula is C17H27N3O. The van der Waals surface area contributed by atoms with E-state index in [1.807, 2.05) is 17.0 Å². The highest BCUT2D eigenvalue weighted by Crippen LogP contribution is 2.17. The number of anilines is 1. The number of likely N-dealkylation sites (tertiary alicyclic amines) is 1. The number of nitrogens with zero attached hydrogens (tertiary/aromatic N) is 1. The molecule has 1 aromatic carbocycles. The summed E-state index contributed by atoms with van der Waals surface area (Å²) in [5, 5.41) is 6.37. The van der Waals surface area contributed by atoms with E-state index in [1.165, 1.54) is 12.0 Å². The van der Waals surface area contributed by atoms with Gasteiger partial charge in [0, 0.05) is 25.3 Å². The molecule has 1 aliphatic rings. The van der Waals surface area contributed by atoms with E-state index >= 15 is 0 Å². The van der Waals surface area contributed by atoms with E-state index in [2.05, 4.69) is 36.6 Å². The van der Waals surface area contributed by atoms with Crippen molar-refractivity contribution in [2.75, 3.05) is 25.0 Å². The molecular weight excluding hydrogens is 262 g/mol. The van der Waals surface area contributed by atoms with Crippen molar-refractivity contribution in [3.8, 4) is 0 Å². The van der Waals surface area contributed by atoms with Gasteiger partial charge in [-0.25, -0.2) is 4.79 Å². The van der Waals surface area contributed by atoms with E-state index in [-0.39, 0.29) is 6.03 Å². The van der Waals surface area contributed by atoms with Crippen LogP contribution in [0.3, 0.4) is 0 Å². The summed E-state index contributed by atoms with van der Waals surface area (Å²) in [4.78, 5) is 14.1. The first-order valence-electron chi connectivity index (χ1n) is 8.04. The van der Waals surface area contributed by atoms with Crippen LogP contribution in [-0.4, -0.2) is 30.6 Å². The summed E-state index contributed by atoms with van der Waals surface area (Å²) < 4.78 is 0. The average molecular weight is 289 g/mol. The quantitative estimate of drug-likeness (QED) is 0.815. The van der Waals surface area contributed by atoms with Crippen LogP contribution in [0.4, 0.5) is 10.5 Å². The maximum Gasteiger partial charge on any atom is 0.321 e. The van der Waals surface area contributed by atoms with E-state index in [0.29, 0.717) is 5.92 Å². The van der Waals surface area contributed by atoms with Crippen LogP contribution in [0.25, 0.3) is 0 Å². The molecule has 0 aromatic heterocycles. The van der Waals surface area contributed by atoms with E-state index in [4.69, 9.17) is 0 Å². The summed E-state index contributed by atoms with van der Waals surface area (Å²) in [5.74, 6) is 0.608. The first-order valence-corrected chi connectivity index (χ1v) is 8.04. The minimum Gasteiger partial charge on any atom is -0.324 e. The standard InChI is InChI=1S/C17H27N3O/c1-3-10-18-12-15-6-8-16(9-7-15)19-17(21)20-11-4-5-14(2)13-20/h6-9,14,18H,3-5,10-13H2,1-2H3,(H,19,21). The van der Waals surface area contributed by atoms with Crippen molar-refractivity contribution in [3.05, 3.63) is 29.8 Å². The third-order valence-corrected chi connectivity index (χ3v) is 3.91. The van der Waals surface area contributed by atoms with Crippen molar-refractivity contribution in [1.82, 2.24) is 10.2 Å². The van der Waals surface area contributed by atoms with E-state index in [1.54, 1.807) is 0 Å². The third kappa shape index (κ3) is 5.05. The highest BCUT2D eigenvalue weighted by atomic mass is 16.2. The second-order valence-corrected chi connectivity index (χ2v) is 6.00. The van der Waals surface area contributed by atoms with Gasteiger partial charge in [-0.1, -0.05) is 26.0 Å². The Labute approximate surface area is 127 Å². The molecule has 1 fully saturated rings. The molecule has 0 bridgehead atoms. The van der Waals surface area contributed by atoms with E-state index < -0.39 is 0 Å². The minimum atomic E-state index is 0.0263. The molecule has 4 heteroatoms. The highest BCUT2D eigenvalue weighted by Gasteiger charge is 2.20. The normalized spacial score (nSPS) is 18.6. The molecule has 2 amide bonds. The van der Waals surface area contributed by atoms with Gasteiger partial charge in [0.05, 0.1) is 0 Å². The lowest BCUT2D eigenvalue weighted by Crippen LogP contribution is -2.41. The lowest BCUT2D eigenvalue weighted by molar-refractivity contribution is 0.182. The maximum absolute atomic E-state index is 12.2. The van der Waals surface area contributed by atoms with Crippen molar-refractivity contribution in [3.63, 3.8) is 0 Å². The second-order valence-electron chi connectivity index (χ2n) is 6.00. The SMILES string of the molecule is CCCNCc1ccc(NC(=O)N2CCCC(C)C2)cc1. The highest BCUT2D eigenvalue weighted by molar-refractivity contribution is 5.89. The van der Waals surface area contributed by atoms with Gasteiger partial charge in [0.2, 0.25) is 0 Å². The van der Waals surface area contributed by atoms with Gasteiger partial charge in [-0.3, -0.25) is 0 Å². The van der Waals surface area contributed by atoms with Crippen LogP contribution in [0.15, 0.2) is 24.3 Å². The lowest BCUT2D eigenvalue weighted by Gasteiger charge is -2.30. The molecule has 2 rings (SSSR count). The molecule has 116 valence electrons. The Balaban J connectivity index is 1.83. The summed E-state index contributed by atoms with van der Waals surface area (Å²) in [6.45, 7) is 8.02. The summed E-state index contributed by atoms with van der Waals surface area (Å²) in [7, 11) is 0. The van der Waals surface area contributed by atoms with Gasteiger partial charge in [0.25, 0.3) is 0 Å². The maximum atomic E-state index is 12.2. The third-order valence-electron chi connectivity index (χ3n) is 3.91. The first-order chi connectivity index (χ1) is 10.2. The molecule has 21 heavy (non-hydrogen) atoms. The fraction of sp³-hybridized carbons (Fsp3) is 0.588. The Morgan fingerprint density at radius 2 is 2.10 bits per heavy atom. The number of carbonyl (C=O) groups excluding carboxylic acids is 1. The minimum absolute atomic E-state index is 0.0263. The summed E-state index contributed by atoms with van der Waals surface area (Å²) in [5.41, 5.74) is 2.12. The van der Waals surface area contributed by atoms with Gasteiger partial charge < -0.3 is 15.5 Å². The average Bonchev–Trinajstić information content (AvgIpc) is 2.49. The van der Waals surface area contributed by atoms with Crippen LogP contribution in [0.2, 0.25) is 0 Å². The molecule has 1 unspecified atom stereocenters. The van der Waals surface area contributed by atoms with E-state index in [9.17, 15) is 4.79 Å². The van der Waals surface area contributed by atoms with Crippen LogP contribution in [-0.2, 0) is 6.54 Å². The Bertz CT molecular complexity index is 444. The number of nitrogens with one attached hydrogen (secondary N) is 2. The van der Waals surface area contributed by atoms with Gasteiger partial charge in [-0.2, -0.15) is 0 Å². The van der Waals surface area contributed by atoms with Gasteiger partial charge in [-0.05, 0) is 49.4 Å².